The normalized spacial score (nSPS) is 12.4. The Balaban J connectivity index is 2.04. The molecule has 1 atom stereocenters. The number of rotatable bonds is 4. The molecule has 0 aliphatic carbocycles. The Morgan fingerprint density at radius 3 is 2.59 bits per heavy atom. The number of halogens is 1. The predicted molar refractivity (Wildman–Crippen MR) is 79.1 cm³/mol. The van der Waals surface area contributed by atoms with Gasteiger partial charge in [0.2, 0.25) is 0 Å². The van der Waals surface area contributed by atoms with E-state index in [0.29, 0.717) is 6.42 Å². The number of carbonyl (C=O) groups is 1. The van der Waals surface area contributed by atoms with E-state index in [1.165, 1.54) is 14.9 Å². The Morgan fingerprint density at radius 1 is 1.29 bits per heavy atom. The van der Waals surface area contributed by atoms with Gasteiger partial charge in [-0.15, -0.1) is 11.3 Å². The highest BCUT2D eigenvalue weighted by Crippen LogP contribution is 2.19. The van der Waals surface area contributed by atoms with Gasteiger partial charge in [-0.2, -0.15) is 0 Å². The number of Topliss-reactive ketones (excluding diaryl/α,β-unsaturated/α-hetero) is 1. The van der Waals surface area contributed by atoms with Gasteiger partial charge in [0.1, 0.15) is 0 Å². The van der Waals surface area contributed by atoms with Crippen molar-refractivity contribution >= 4 is 39.7 Å². The average Bonchev–Trinajstić information content (AvgIpc) is 2.84. The zero-order valence-corrected chi connectivity index (χ0v) is 12.1. The maximum atomic E-state index is 12.0. The number of hydrogen-bond donors (Lipinski definition) is 1. The van der Waals surface area contributed by atoms with Gasteiger partial charge in [0.15, 0.2) is 5.78 Å². The minimum Gasteiger partial charge on any atom is -0.317 e. The molecule has 1 heterocycles. The van der Waals surface area contributed by atoms with Crippen LogP contribution in [0.2, 0.25) is 0 Å². The van der Waals surface area contributed by atoms with Crippen LogP contribution in [0.5, 0.6) is 0 Å². The van der Waals surface area contributed by atoms with Crippen LogP contribution in [0.25, 0.3) is 0 Å². The third kappa shape index (κ3) is 3.37. The van der Waals surface area contributed by atoms with Crippen molar-refractivity contribution in [1.82, 2.24) is 0 Å². The van der Waals surface area contributed by atoms with Gasteiger partial charge in [0.05, 0.1) is 6.04 Å². The van der Waals surface area contributed by atoms with Crippen molar-refractivity contribution in [1.29, 1.82) is 0 Å². The minimum absolute atomic E-state index is 0.0636. The first kappa shape index (κ1) is 12.7. The molecule has 0 amide bonds. The van der Waals surface area contributed by atoms with E-state index in [1.54, 1.807) is 0 Å². The molecule has 2 nitrogen and oxygen atoms in total. The van der Waals surface area contributed by atoms with Gasteiger partial charge < -0.3 is 5.73 Å². The van der Waals surface area contributed by atoms with Crippen LogP contribution in [-0.2, 0) is 11.2 Å². The Hall–Kier alpha value is -0.720. The standard InChI is InChI=1S/C13H12INOS/c14-10-5-3-9(4-6-10)8-11(16)13(15)12-2-1-7-17-12/h1-7,13H,8,15H2. The van der Waals surface area contributed by atoms with Crippen molar-refractivity contribution in [3.05, 3.63) is 55.8 Å². The van der Waals surface area contributed by atoms with Gasteiger partial charge in [-0.1, -0.05) is 18.2 Å². The van der Waals surface area contributed by atoms with Crippen LogP contribution in [0.4, 0.5) is 0 Å². The summed E-state index contributed by atoms with van der Waals surface area (Å²) in [7, 11) is 0. The summed E-state index contributed by atoms with van der Waals surface area (Å²) >= 11 is 3.77. The summed E-state index contributed by atoms with van der Waals surface area (Å²) in [6, 6.07) is 11.3. The second-order valence-corrected chi connectivity index (χ2v) is 5.99. The number of nitrogens with two attached hydrogens (primary N) is 1. The average molecular weight is 357 g/mol. The summed E-state index contributed by atoms with van der Waals surface area (Å²) in [5.74, 6) is 0.0636. The van der Waals surface area contributed by atoms with Crippen LogP contribution in [0, 0.1) is 3.57 Å². The van der Waals surface area contributed by atoms with Gasteiger partial charge in [-0.05, 0) is 51.7 Å². The first-order valence-corrected chi connectivity index (χ1v) is 7.19. The molecule has 2 rings (SSSR count). The van der Waals surface area contributed by atoms with Crippen molar-refractivity contribution in [3.8, 4) is 0 Å². The SMILES string of the molecule is NC(C(=O)Cc1ccc(I)cc1)c1cccs1. The summed E-state index contributed by atoms with van der Waals surface area (Å²) in [4.78, 5) is 12.9. The molecule has 0 aliphatic rings. The first-order chi connectivity index (χ1) is 8.16. The van der Waals surface area contributed by atoms with E-state index >= 15 is 0 Å². The molecule has 88 valence electrons. The number of hydrogen-bond acceptors (Lipinski definition) is 3. The van der Waals surface area contributed by atoms with E-state index < -0.39 is 6.04 Å². The fraction of sp³-hybridized carbons (Fsp3) is 0.154. The van der Waals surface area contributed by atoms with Crippen LogP contribution in [0.3, 0.4) is 0 Å². The summed E-state index contributed by atoms with van der Waals surface area (Å²) in [5, 5.41) is 1.94. The van der Waals surface area contributed by atoms with Crippen LogP contribution in [0.1, 0.15) is 16.5 Å². The molecule has 4 heteroatoms. The lowest BCUT2D eigenvalue weighted by Crippen LogP contribution is -2.22. The summed E-state index contributed by atoms with van der Waals surface area (Å²) < 4.78 is 1.17. The Labute approximate surface area is 118 Å². The van der Waals surface area contributed by atoms with Crippen molar-refractivity contribution in [2.24, 2.45) is 5.73 Å². The third-order valence-corrected chi connectivity index (χ3v) is 4.16. The molecule has 0 fully saturated rings. The second kappa shape index (κ2) is 5.75. The molecule has 2 N–H and O–H groups in total. The number of benzene rings is 1. The van der Waals surface area contributed by atoms with Crippen LogP contribution in [-0.4, -0.2) is 5.78 Å². The van der Waals surface area contributed by atoms with Crippen molar-refractivity contribution in [2.45, 2.75) is 12.5 Å². The minimum atomic E-state index is -0.491. The zero-order valence-electron chi connectivity index (χ0n) is 9.10. The Morgan fingerprint density at radius 2 is 2.00 bits per heavy atom. The molecule has 1 aromatic heterocycles. The van der Waals surface area contributed by atoms with Gasteiger partial charge >= 0.3 is 0 Å². The largest absolute Gasteiger partial charge is 0.317 e. The van der Waals surface area contributed by atoms with Crippen molar-refractivity contribution < 1.29 is 4.79 Å². The topological polar surface area (TPSA) is 43.1 Å². The van der Waals surface area contributed by atoms with E-state index in [2.05, 4.69) is 22.6 Å². The van der Waals surface area contributed by atoms with E-state index in [9.17, 15) is 4.79 Å². The fourth-order valence-electron chi connectivity index (χ4n) is 1.54. The summed E-state index contributed by atoms with van der Waals surface area (Å²) in [5.41, 5.74) is 6.94. The van der Waals surface area contributed by atoms with E-state index in [0.717, 1.165) is 10.4 Å². The Kier molecular flexibility index (Phi) is 4.31. The second-order valence-electron chi connectivity index (χ2n) is 3.76. The maximum Gasteiger partial charge on any atom is 0.159 e. The van der Waals surface area contributed by atoms with Crippen molar-refractivity contribution in [3.63, 3.8) is 0 Å². The molecule has 0 saturated heterocycles. The van der Waals surface area contributed by atoms with E-state index in [1.807, 2.05) is 41.8 Å². The summed E-state index contributed by atoms with van der Waals surface area (Å²) in [6.45, 7) is 0. The molecule has 0 aliphatic heterocycles. The molecule has 0 bridgehead atoms. The lowest BCUT2D eigenvalue weighted by molar-refractivity contribution is -0.119. The highest BCUT2D eigenvalue weighted by atomic mass is 127. The number of carbonyl (C=O) groups excluding carboxylic acids is 1. The number of ketones is 1. The smallest absolute Gasteiger partial charge is 0.159 e. The van der Waals surface area contributed by atoms with Gasteiger partial charge in [0, 0.05) is 14.9 Å². The molecule has 2 aromatic rings. The zero-order chi connectivity index (χ0) is 12.3. The lowest BCUT2D eigenvalue weighted by Gasteiger charge is -2.08. The monoisotopic (exact) mass is 357 g/mol. The summed E-state index contributed by atoms with van der Waals surface area (Å²) in [6.07, 6.45) is 0.399. The van der Waals surface area contributed by atoms with E-state index in [-0.39, 0.29) is 5.78 Å². The lowest BCUT2D eigenvalue weighted by atomic mass is 10.0. The molecule has 0 radical (unpaired) electrons. The van der Waals surface area contributed by atoms with Gasteiger partial charge in [0.25, 0.3) is 0 Å². The molecular weight excluding hydrogens is 345 g/mol. The van der Waals surface area contributed by atoms with Crippen LogP contribution < -0.4 is 5.73 Å². The Bertz CT molecular complexity index is 493. The molecule has 0 spiro atoms. The molecule has 0 saturated carbocycles. The van der Waals surface area contributed by atoms with E-state index in [4.69, 9.17) is 5.73 Å². The van der Waals surface area contributed by atoms with Crippen molar-refractivity contribution in [2.75, 3.05) is 0 Å². The highest BCUT2D eigenvalue weighted by Gasteiger charge is 2.16. The quantitative estimate of drug-likeness (QED) is 0.855. The predicted octanol–water partition coefficient (Wildman–Crippen LogP) is 3.16. The molecule has 1 aromatic carbocycles. The molecule has 17 heavy (non-hydrogen) atoms. The number of thiophene rings is 1. The van der Waals surface area contributed by atoms with Crippen LogP contribution >= 0.6 is 33.9 Å². The van der Waals surface area contributed by atoms with Gasteiger partial charge in [-0.25, -0.2) is 0 Å². The van der Waals surface area contributed by atoms with Crippen LogP contribution in [0.15, 0.2) is 41.8 Å². The highest BCUT2D eigenvalue weighted by molar-refractivity contribution is 14.1. The third-order valence-electron chi connectivity index (χ3n) is 2.49. The fourth-order valence-corrected chi connectivity index (χ4v) is 2.65. The maximum absolute atomic E-state index is 12.0. The first-order valence-electron chi connectivity index (χ1n) is 5.23. The molecule has 1 unspecified atom stereocenters. The van der Waals surface area contributed by atoms with Gasteiger partial charge in [-0.3, -0.25) is 4.79 Å². The molecular formula is C13H12INOS.